The van der Waals surface area contributed by atoms with Gasteiger partial charge in [0, 0.05) is 25.7 Å². The molecule has 0 aliphatic heterocycles. The molecule has 0 saturated heterocycles. The van der Waals surface area contributed by atoms with E-state index >= 15 is 0 Å². The lowest BCUT2D eigenvalue weighted by Gasteiger charge is -2.21. The molecule has 19 heteroatoms. The number of hydrogen-bond acceptors (Lipinski definition) is 15. The fourth-order valence-electron chi connectivity index (χ4n) is 10.4. The molecule has 0 aliphatic rings. The Labute approximate surface area is 537 Å². The van der Waals surface area contributed by atoms with Crippen molar-refractivity contribution in [3.8, 4) is 0 Å². The van der Waals surface area contributed by atoms with Gasteiger partial charge in [0.05, 0.1) is 26.4 Å². The third-order valence-electron chi connectivity index (χ3n) is 16.0. The lowest BCUT2D eigenvalue weighted by atomic mass is 10.0. The van der Waals surface area contributed by atoms with Gasteiger partial charge in [0.25, 0.3) is 0 Å². The Morgan fingerprint density at radius 2 is 0.523 bits per heavy atom. The molecule has 2 unspecified atom stereocenters. The largest absolute Gasteiger partial charge is 0.472 e. The second-order valence-electron chi connectivity index (χ2n) is 25.9. The van der Waals surface area contributed by atoms with E-state index in [-0.39, 0.29) is 25.7 Å². The van der Waals surface area contributed by atoms with Crippen molar-refractivity contribution in [1.29, 1.82) is 0 Å². The standard InChI is InChI=1S/C69H134O17P2/c1-7-9-11-13-15-17-18-24-27-34-40-46-52-67(72)80-58-65(85-68(73)53-47-41-35-28-25-22-20-19-21-23-26-31-37-43-49-61(3)4)60-84-88(77,78)82-56-63(70)55-81-87(75,76)83-59-64(57-79-66(71)51-45-39-33-16-14-12-10-8-2)86-69(74)54-48-42-36-30-29-32-38-44-50-62(5)6/h61-65,70H,7-60H2,1-6H3,(H,75,76)(H,77,78)/t63-,64+,65+/m0/s1. The second-order valence-corrected chi connectivity index (χ2v) is 28.8. The fraction of sp³-hybridized carbons (Fsp3) is 0.942. The minimum atomic E-state index is -4.95. The van der Waals surface area contributed by atoms with Crippen LogP contribution in [0.15, 0.2) is 0 Å². The molecule has 17 nitrogen and oxygen atoms in total. The number of unbranched alkanes of at least 4 members (excludes halogenated alkanes) is 38. The van der Waals surface area contributed by atoms with Crippen molar-refractivity contribution in [2.45, 2.75) is 368 Å². The number of carbonyl (C=O) groups is 4. The summed E-state index contributed by atoms with van der Waals surface area (Å²) in [5, 5.41) is 10.6. The molecule has 0 aromatic heterocycles. The summed E-state index contributed by atoms with van der Waals surface area (Å²) in [4.78, 5) is 72.4. The number of phosphoric acid groups is 2. The van der Waals surface area contributed by atoms with Gasteiger partial charge in [0.2, 0.25) is 0 Å². The minimum absolute atomic E-state index is 0.104. The molecule has 0 aliphatic carbocycles. The van der Waals surface area contributed by atoms with Crippen molar-refractivity contribution in [1.82, 2.24) is 0 Å². The van der Waals surface area contributed by atoms with E-state index in [0.29, 0.717) is 25.7 Å². The number of phosphoric ester groups is 2. The Hall–Kier alpha value is -1.94. The highest BCUT2D eigenvalue weighted by Gasteiger charge is 2.30. The predicted octanol–water partition coefficient (Wildman–Crippen LogP) is 19.6. The molecule has 0 saturated carbocycles. The van der Waals surface area contributed by atoms with Gasteiger partial charge in [-0.25, -0.2) is 9.13 Å². The Morgan fingerprint density at radius 1 is 0.307 bits per heavy atom. The van der Waals surface area contributed by atoms with Crippen molar-refractivity contribution in [2.75, 3.05) is 39.6 Å². The summed E-state index contributed by atoms with van der Waals surface area (Å²) in [7, 11) is -9.89. The highest BCUT2D eigenvalue weighted by Crippen LogP contribution is 2.45. The molecular weight excluding hydrogens is 1160 g/mol. The molecule has 0 radical (unpaired) electrons. The van der Waals surface area contributed by atoms with E-state index in [0.717, 1.165) is 108 Å². The average molecular weight is 1300 g/mol. The molecule has 0 heterocycles. The van der Waals surface area contributed by atoms with Crippen LogP contribution in [-0.2, 0) is 65.4 Å². The zero-order valence-electron chi connectivity index (χ0n) is 57.0. The molecule has 88 heavy (non-hydrogen) atoms. The topological polar surface area (TPSA) is 237 Å². The number of esters is 4. The molecule has 0 aromatic rings. The smallest absolute Gasteiger partial charge is 0.462 e. The summed E-state index contributed by atoms with van der Waals surface area (Å²) in [6, 6.07) is 0. The highest BCUT2D eigenvalue weighted by molar-refractivity contribution is 7.47. The van der Waals surface area contributed by atoms with Crippen molar-refractivity contribution in [2.24, 2.45) is 11.8 Å². The first-order valence-electron chi connectivity index (χ1n) is 36.0. The summed E-state index contributed by atoms with van der Waals surface area (Å²) >= 11 is 0. The highest BCUT2D eigenvalue weighted by atomic mass is 31.2. The molecule has 0 rings (SSSR count). The summed E-state index contributed by atoms with van der Waals surface area (Å²) in [6.07, 6.45) is 45.8. The van der Waals surface area contributed by atoms with E-state index in [1.54, 1.807) is 0 Å². The third-order valence-corrected chi connectivity index (χ3v) is 17.9. The van der Waals surface area contributed by atoms with Crippen molar-refractivity contribution >= 4 is 39.5 Å². The lowest BCUT2D eigenvalue weighted by molar-refractivity contribution is -0.161. The number of aliphatic hydroxyl groups is 1. The van der Waals surface area contributed by atoms with Gasteiger partial charge in [0.1, 0.15) is 19.3 Å². The van der Waals surface area contributed by atoms with Crippen LogP contribution >= 0.6 is 15.6 Å². The minimum Gasteiger partial charge on any atom is -0.462 e. The Morgan fingerprint density at radius 3 is 0.773 bits per heavy atom. The van der Waals surface area contributed by atoms with E-state index in [9.17, 15) is 43.2 Å². The first-order chi connectivity index (χ1) is 42.4. The first kappa shape index (κ1) is 86.1. The second kappa shape index (κ2) is 61.3. The normalized spacial score (nSPS) is 14.2. The Kier molecular flexibility index (Phi) is 59.9. The van der Waals surface area contributed by atoms with Crippen molar-refractivity contribution < 1.29 is 80.2 Å². The predicted molar refractivity (Wildman–Crippen MR) is 354 cm³/mol. The van der Waals surface area contributed by atoms with E-state index in [1.807, 2.05) is 0 Å². The van der Waals surface area contributed by atoms with Crippen LogP contribution in [0.25, 0.3) is 0 Å². The fourth-order valence-corrected chi connectivity index (χ4v) is 12.0. The maximum absolute atomic E-state index is 13.0. The quantitative estimate of drug-likeness (QED) is 0.0222. The van der Waals surface area contributed by atoms with E-state index in [2.05, 4.69) is 41.5 Å². The molecule has 0 fully saturated rings. The zero-order chi connectivity index (χ0) is 65.0. The Bertz CT molecular complexity index is 1720. The lowest BCUT2D eigenvalue weighted by Crippen LogP contribution is -2.30. The van der Waals surface area contributed by atoms with Crippen LogP contribution in [0, 0.1) is 11.8 Å². The van der Waals surface area contributed by atoms with E-state index in [1.165, 1.54) is 161 Å². The van der Waals surface area contributed by atoms with E-state index < -0.39 is 97.5 Å². The van der Waals surface area contributed by atoms with Crippen molar-refractivity contribution in [3.05, 3.63) is 0 Å². The van der Waals surface area contributed by atoms with Crippen LogP contribution in [0.5, 0.6) is 0 Å². The van der Waals surface area contributed by atoms with Gasteiger partial charge >= 0.3 is 39.5 Å². The van der Waals surface area contributed by atoms with Crippen LogP contribution in [0.2, 0.25) is 0 Å². The Balaban J connectivity index is 5.21. The van der Waals surface area contributed by atoms with Crippen LogP contribution in [0.3, 0.4) is 0 Å². The molecule has 522 valence electrons. The summed E-state index contributed by atoms with van der Waals surface area (Å²) in [6.45, 7) is 9.49. The maximum atomic E-state index is 13.0. The number of hydrogen-bond donors (Lipinski definition) is 3. The molecule has 5 atom stereocenters. The molecular formula is C69H134O17P2. The van der Waals surface area contributed by atoms with Gasteiger partial charge < -0.3 is 33.8 Å². The van der Waals surface area contributed by atoms with Gasteiger partial charge in [-0.15, -0.1) is 0 Å². The molecule has 0 aromatic carbocycles. The number of carbonyl (C=O) groups excluding carboxylic acids is 4. The molecule has 0 amide bonds. The molecule has 3 N–H and O–H groups in total. The van der Waals surface area contributed by atoms with E-state index in [4.69, 9.17) is 37.0 Å². The number of aliphatic hydroxyl groups excluding tert-OH is 1. The summed E-state index contributed by atoms with van der Waals surface area (Å²) in [5.74, 6) is -0.615. The van der Waals surface area contributed by atoms with Gasteiger partial charge in [0.15, 0.2) is 12.2 Å². The van der Waals surface area contributed by atoms with Crippen LogP contribution < -0.4 is 0 Å². The monoisotopic (exact) mass is 1300 g/mol. The van der Waals surface area contributed by atoms with Gasteiger partial charge in [-0.2, -0.15) is 0 Å². The van der Waals surface area contributed by atoms with Gasteiger partial charge in [-0.3, -0.25) is 37.3 Å². The van der Waals surface area contributed by atoms with Crippen LogP contribution in [-0.4, -0.2) is 96.7 Å². The number of ether oxygens (including phenoxy) is 4. The number of rotatable bonds is 68. The summed E-state index contributed by atoms with van der Waals surface area (Å²) < 4.78 is 68.2. The van der Waals surface area contributed by atoms with Crippen LogP contribution in [0.4, 0.5) is 0 Å². The molecule has 0 bridgehead atoms. The SMILES string of the molecule is CCCCCCCCCCCCCCC(=O)OC[C@H](COP(=O)(O)OC[C@@H](O)COP(=O)(O)OC[C@@H](COC(=O)CCCCCCCCCC)OC(=O)CCCCCCCCCCC(C)C)OC(=O)CCCCCCCCCCCCCCCCC(C)C. The maximum Gasteiger partial charge on any atom is 0.472 e. The summed E-state index contributed by atoms with van der Waals surface area (Å²) in [5.41, 5.74) is 0. The first-order valence-corrected chi connectivity index (χ1v) is 39.0. The third kappa shape index (κ3) is 62.8. The van der Waals surface area contributed by atoms with Gasteiger partial charge in [-0.05, 0) is 37.5 Å². The van der Waals surface area contributed by atoms with Gasteiger partial charge in [-0.1, -0.05) is 298 Å². The molecule has 0 spiro atoms. The average Bonchev–Trinajstić information content (AvgIpc) is 3.66. The zero-order valence-corrected chi connectivity index (χ0v) is 58.8. The van der Waals surface area contributed by atoms with Crippen LogP contribution in [0.1, 0.15) is 350 Å². The van der Waals surface area contributed by atoms with Crippen molar-refractivity contribution in [3.63, 3.8) is 0 Å².